The number of thioether (sulfide) groups is 1. The molecule has 0 radical (unpaired) electrons. The molecule has 0 heterocycles. The Bertz CT molecular complexity index is 108. The van der Waals surface area contributed by atoms with Gasteiger partial charge in [0, 0.05) is 5.75 Å². The quantitative estimate of drug-likeness (QED) is 0.660. The van der Waals surface area contributed by atoms with Crippen LogP contribution in [0, 0.1) is 5.41 Å². The third-order valence-corrected chi connectivity index (χ3v) is 3.87. The van der Waals surface area contributed by atoms with Gasteiger partial charge in [-0.15, -0.1) is 0 Å². The number of aliphatic hydroxyl groups excluding tert-OH is 1. The highest BCUT2D eigenvalue weighted by Gasteiger charge is 2.27. The van der Waals surface area contributed by atoms with Crippen LogP contribution in [0.3, 0.4) is 0 Å². The molecule has 1 fully saturated rings. The van der Waals surface area contributed by atoms with Crippen molar-refractivity contribution >= 4 is 11.8 Å². The number of hydrogen-bond donors (Lipinski definition) is 1. The summed E-state index contributed by atoms with van der Waals surface area (Å²) in [6.07, 6.45) is 5.61. The summed E-state index contributed by atoms with van der Waals surface area (Å²) in [6, 6.07) is 0. The third-order valence-electron chi connectivity index (χ3n) is 2.50. The predicted octanol–water partition coefficient (Wildman–Crippen LogP) is 2.29. The second-order valence-electron chi connectivity index (χ2n) is 3.79. The lowest BCUT2D eigenvalue weighted by Gasteiger charge is -2.22. The van der Waals surface area contributed by atoms with Crippen LogP contribution in [0.1, 0.15) is 32.6 Å². The molecule has 1 saturated carbocycles. The Balaban J connectivity index is 2.13. The van der Waals surface area contributed by atoms with Gasteiger partial charge >= 0.3 is 0 Å². The summed E-state index contributed by atoms with van der Waals surface area (Å²) in [5.74, 6) is 2.16. The average Bonchev–Trinajstić information content (AvgIpc) is 2.38. The van der Waals surface area contributed by atoms with E-state index >= 15 is 0 Å². The highest BCUT2D eigenvalue weighted by molar-refractivity contribution is 7.99. The van der Waals surface area contributed by atoms with Crippen LogP contribution in [-0.4, -0.2) is 23.2 Å². The SMILES string of the molecule is CC1(CSCCO)CCCC1. The third kappa shape index (κ3) is 3.04. The zero-order chi connectivity index (χ0) is 8.16. The van der Waals surface area contributed by atoms with Gasteiger partial charge in [-0.3, -0.25) is 0 Å². The second kappa shape index (κ2) is 4.36. The van der Waals surface area contributed by atoms with Gasteiger partial charge in [0.1, 0.15) is 0 Å². The molecule has 0 aromatic rings. The van der Waals surface area contributed by atoms with E-state index < -0.39 is 0 Å². The standard InChI is InChI=1S/C9H18OS/c1-9(4-2-3-5-9)8-11-7-6-10/h10H,2-8H2,1H3. The first-order chi connectivity index (χ1) is 5.27. The van der Waals surface area contributed by atoms with Crippen molar-refractivity contribution in [2.75, 3.05) is 18.1 Å². The summed E-state index contributed by atoms with van der Waals surface area (Å²) in [7, 11) is 0. The van der Waals surface area contributed by atoms with E-state index in [1.165, 1.54) is 31.4 Å². The molecule has 1 rings (SSSR count). The van der Waals surface area contributed by atoms with E-state index in [0.29, 0.717) is 12.0 Å². The fourth-order valence-corrected chi connectivity index (χ4v) is 2.81. The van der Waals surface area contributed by atoms with Gasteiger partial charge in [-0.05, 0) is 24.0 Å². The molecule has 1 N–H and O–H groups in total. The fourth-order valence-electron chi connectivity index (χ4n) is 1.76. The second-order valence-corrected chi connectivity index (χ2v) is 4.90. The van der Waals surface area contributed by atoms with Crippen molar-refractivity contribution in [2.45, 2.75) is 32.6 Å². The highest BCUT2D eigenvalue weighted by Crippen LogP contribution is 2.39. The zero-order valence-corrected chi connectivity index (χ0v) is 8.12. The molecule has 1 nitrogen and oxygen atoms in total. The van der Waals surface area contributed by atoms with Crippen molar-refractivity contribution in [2.24, 2.45) is 5.41 Å². The van der Waals surface area contributed by atoms with Crippen molar-refractivity contribution in [3.05, 3.63) is 0 Å². The number of rotatable bonds is 4. The maximum absolute atomic E-state index is 8.60. The van der Waals surface area contributed by atoms with Gasteiger partial charge in [0.05, 0.1) is 6.61 Å². The monoisotopic (exact) mass is 174 g/mol. The molecule has 0 aromatic heterocycles. The van der Waals surface area contributed by atoms with Crippen molar-refractivity contribution in [1.82, 2.24) is 0 Å². The molecule has 0 unspecified atom stereocenters. The number of aliphatic hydroxyl groups is 1. The molecule has 0 saturated heterocycles. The normalized spacial score (nSPS) is 22.4. The first kappa shape index (κ1) is 9.40. The molecular formula is C9H18OS. The van der Waals surface area contributed by atoms with Crippen LogP contribution in [0.4, 0.5) is 0 Å². The van der Waals surface area contributed by atoms with Crippen LogP contribution in [0.5, 0.6) is 0 Å². The Morgan fingerprint density at radius 2 is 2.00 bits per heavy atom. The first-order valence-corrected chi connectivity index (χ1v) is 5.61. The lowest BCUT2D eigenvalue weighted by molar-refractivity contribution is 0.322. The van der Waals surface area contributed by atoms with Gasteiger partial charge in [-0.2, -0.15) is 11.8 Å². The summed E-state index contributed by atoms with van der Waals surface area (Å²) in [6.45, 7) is 2.71. The Morgan fingerprint density at radius 3 is 2.55 bits per heavy atom. The van der Waals surface area contributed by atoms with Crippen LogP contribution in [0.2, 0.25) is 0 Å². The molecule has 0 aliphatic heterocycles. The molecule has 0 atom stereocenters. The molecular weight excluding hydrogens is 156 g/mol. The topological polar surface area (TPSA) is 20.2 Å². The molecule has 0 bridgehead atoms. The van der Waals surface area contributed by atoms with E-state index in [0.717, 1.165) is 5.75 Å². The van der Waals surface area contributed by atoms with Crippen molar-refractivity contribution in [3.8, 4) is 0 Å². The van der Waals surface area contributed by atoms with Gasteiger partial charge in [0.25, 0.3) is 0 Å². The van der Waals surface area contributed by atoms with Gasteiger partial charge in [0.15, 0.2) is 0 Å². The zero-order valence-electron chi connectivity index (χ0n) is 7.31. The molecule has 0 aromatic carbocycles. The summed E-state index contributed by atoms with van der Waals surface area (Å²) in [4.78, 5) is 0. The summed E-state index contributed by atoms with van der Waals surface area (Å²) in [5, 5.41) is 8.60. The van der Waals surface area contributed by atoms with Gasteiger partial charge in [0.2, 0.25) is 0 Å². The van der Waals surface area contributed by atoms with Gasteiger partial charge in [-0.1, -0.05) is 19.8 Å². The largest absolute Gasteiger partial charge is 0.396 e. The van der Waals surface area contributed by atoms with E-state index in [1.807, 2.05) is 11.8 Å². The fraction of sp³-hybridized carbons (Fsp3) is 1.00. The van der Waals surface area contributed by atoms with E-state index in [9.17, 15) is 0 Å². The van der Waals surface area contributed by atoms with Crippen molar-refractivity contribution in [1.29, 1.82) is 0 Å². The van der Waals surface area contributed by atoms with Crippen LogP contribution >= 0.6 is 11.8 Å². The average molecular weight is 174 g/mol. The summed E-state index contributed by atoms with van der Waals surface area (Å²) >= 11 is 1.90. The maximum atomic E-state index is 8.60. The Hall–Kier alpha value is 0.310. The van der Waals surface area contributed by atoms with Crippen LogP contribution in [-0.2, 0) is 0 Å². The summed E-state index contributed by atoms with van der Waals surface area (Å²) < 4.78 is 0. The van der Waals surface area contributed by atoms with E-state index in [4.69, 9.17) is 5.11 Å². The van der Waals surface area contributed by atoms with E-state index in [1.54, 1.807) is 0 Å². The van der Waals surface area contributed by atoms with Crippen LogP contribution in [0.25, 0.3) is 0 Å². The van der Waals surface area contributed by atoms with Crippen LogP contribution in [0.15, 0.2) is 0 Å². The Labute approximate surface area is 73.6 Å². The maximum Gasteiger partial charge on any atom is 0.0521 e. The molecule has 0 spiro atoms. The van der Waals surface area contributed by atoms with Gasteiger partial charge < -0.3 is 5.11 Å². The predicted molar refractivity (Wildman–Crippen MR) is 51.0 cm³/mol. The van der Waals surface area contributed by atoms with Crippen LogP contribution < -0.4 is 0 Å². The first-order valence-electron chi connectivity index (χ1n) is 4.45. The molecule has 11 heavy (non-hydrogen) atoms. The Morgan fingerprint density at radius 1 is 1.36 bits per heavy atom. The minimum Gasteiger partial charge on any atom is -0.396 e. The minimum atomic E-state index is 0.334. The minimum absolute atomic E-state index is 0.334. The molecule has 1 aliphatic carbocycles. The molecule has 2 heteroatoms. The molecule has 0 amide bonds. The van der Waals surface area contributed by atoms with E-state index in [2.05, 4.69) is 6.92 Å². The van der Waals surface area contributed by atoms with E-state index in [-0.39, 0.29) is 0 Å². The Kier molecular flexibility index (Phi) is 3.73. The summed E-state index contributed by atoms with van der Waals surface area (Å²) in [5.41, 5.74) is 0.597. The lowest BCUT2D eigenvalue weighted by atomic mass is 9.92. The number of hydrogen-bond acceptors (Lipinski definition) is 2. The lowest BCUT2D eigenvalue weighted by Crippen LogP contribution is -2.14. The van der Waals surface area contributed by atoms with Crippen molar-refractivity contribution in [3.63, 3.8) is 0 Å². The molecule has 66 valence electrons. The van der Waals surface area contributed by atoms with Gasteiger partial charge in [-0.25, -0.2) is 0 Å². The molecule has 1 aliphatic rings. The smallest absolute Gasteiger partial charge is 0.0521 e. The van der Waals surface area contributed by atoms with Crippen molar-refractivity contribution < 1.29 is 5.11 Å². The highest BCUT2D eigenvalue weighted by atomic mass is 32.2.